The van der Waals surface area contributed by atoms with Gasteiger partial charge in [-0.05, 0) is 35.4 Å². The Morgan fingerprint density at radius 3 is 2.53 bits per heavy atom. The molecule has 0 bridgehead atoms. The smallest absolute Gasteiger partial charge is 0.258 e. The van der Waals surface area contributed by atoms with Crippen LogP contribution in [0.4, 0.5) is 5.69 Å². The van der Waals surface area contributed by atoms with E-state index in [1.807, 2.05) is 23.9 Å². The summed E-state index contributed by atoms with van der Waals surface area (Å²) in [5.74, 6) is 2.19. The van der Waals surface area contributed by atoms with Gasteiger partial charge in [-0.25, -0.2) is 0 Å². The third-order valence-corrected chi connectivity index (χ3v) is 3.31. The first-order chi connectivity index (χ1) is 7.27. The lowest BCUT2D eigenvalue weighted by Crippen LogP contribution is -1.95. The summed E-state index contributed by atoms with van der Waals surface area (Å²) in [6.07, 6.45) is 3.26. The second kappa shape index (κ2) is 4.49. The van der Waals surface area contributed by atoms with Gasteiger partial charge in [0.2, 0.25) is 0 Å². The zero-order chi connectivity index (χ0) is 10.7. The Morgan fingerprint density at radius 1 is 1.27 bits per heavy atom. The number of allylic oxidation sites excluding steroid dienone is 1. The summed E-state index contributed by atoms with van der Waals surface area (Å²) >= 11 is 1.92. The van der Waals surface area contributed by atoms with Crippen molar-refractivity contribution in [3.8, 4) is 0 Å². The highest BCUT2D eigenvalue weighted by Gasteiger charge is 2.08. The minimum Gasteiger partial charge on any atom is -0.258 e. The summed E-state index contributed by atoms with van der Waals surface area (Å²) in [5.41, 5.74) is 2.58. The van der Waals surface area contributed by atoms with Gasteiger partial charge in [-0.15, -0.1) is 0 Å². The third-order valence-electron chi connectivity index (χ3n) is 2.41. The van der Waals surface area contributed by atoms with Gasteiger partial charge < -0.3 is 0 Å². The number of hydrogen-bond donors (Lipinski definition) is 0. The van der Waals surface area contributed by atoms with E-state index in [4.69, 9.17) is 0 Å². The number of benzene rings is 1. The molecule has 1 aliphatic rings. The number of nitro benzene ring substituents is 1. The Balaban J connectivity index is 2.23. The zero-order valence-electron chi connectivity index (χ0n) is 8.18. The van der Waals surface area contributed by atoms with Gasteiger partial charge in [-0.1, -0.05) is 6.08 Å². The Labute approximate surface area is 92.3 Å². The van der Waals surface area contributed by atoms with E-state index >= 15 is 0 Å². The molecule has 0 radical (unpaired) electrons. The molecule has 0 unspecified atom stereocenters. The van der Waals surface area contributed by atoms with Crippen molar-refractivity contribution in [3.05, 3.63) is 46.0 Å². The summed E-state index contributed by atoms with van der Waals surface area (Å²) in [6, 6.07) is 6.80. The predicted octanol–water partition coefficient (Wildman–Crippen LogP) is 3.12. The first-order valence-corrected chi connectivity index (χ1v) is 5.94. The molecule has 3 nitrogen and oxygen atoms in total. The van der Waals surface area contributed by atoms with Crippen molar-refractivity contribution in [3.63, 3.8) is 0 Å². The highest BCUT2D eigenvalue weighted by Crippen LogP contribution is 2.26. The Kier molecular flexibility index (Phi) is 3.06. The van der Waals surface area contributed by atoms with E-state index < -0.39 is 0 Å². The van der Waals surface area contributed by atoms with Crippen LogP contribution in [0.2, 0.25) is 0 Å². The molecule has 1 aromatic rings. The average Bonchev–Trinajstić information content (AvgIpc) is 2.30. The number of thioether (sulfide) groups is 1. The summed E-state index contributed by atoms with van der Waals surface area (Å²) in [7, 11) is 0. The maximum absolute atomic E-state index is 10.5. The lowest BCUT2D eigenvalue weighted by atomic mass is 10.0. The van der Waals surface area contributed by atoms with Gasteiger partial charge in [-0.2, -0.15) is 11.8 Å². The molecule has 1 aliphatic heterocycles. The van der Waals surface area contributed by atoms with Crippen LogP contribution in [0.25, 0.3) is 5.57 Å². The molecule has 0 amide bonds. The molecule has 0 saturated heterocycles. The molecule has 4 heteroatoms. The SMILES string of the molecule is O=[N+]([O-])c1ccc(C2=CCSCC2)cc1. The molecular formula is C11H11NO2S. The fraction of sp³-hybridized carbons (Fsp3) is 0.273. The van der Waals surface area contributed by atoms with Gasteiger partial charge >= 0.3 is 0 Å². The Morgan fingerprint density at radius 2 is 2.00 bits per heavy atom. The van der Waals surface area contributed by atoms with Crippen LogP contribution in [-0.4, -0.2) is 16.4 Å². The van der Waals surface area contributed by atoms with Crippen LogP contribution in [0.15, 0.2) is 30.3 Å². The minimum absolute atomic E-state index is 0.157. The molecule has 1 heterocycles. The van der Waals surface area contributed by atoms with Crippen LogP contribution in [-0.2, 0) is 0 Å². The molecule has 0 spiro atoms. The van der Waals surface area contributed by atoms with E-state index in [-0.39, 0.29) is 10.6 Å². The molecule has 0 N–H and O–H groups in total. The number of nitrogens with zero attached hydrogens (tertiary/aromatic N) is 1. The van der Waals surface area contributed by atoms with Gasteiger partial charge in [0.25, 0.3) is 5.69 Å². The third kappa shape index (κ3) is 2.39. The quantitative estimate of drug-likeness (QED) is 0.569. The fourth-order valence-electron chi connectivity index (χ4n) is 1.59. The summed E-state index contributed by atoms with van der Waals surface area (Å²) in [6.45, 7) is 0. The van der Waals surface area contributed by atoms with Crippen LogP contribution in [0.3, 0.4) is 0 Å². The molecular weight excluding hydrogens is 210 g/mol. The maximum Gasteiger partial charge on any atom is 0.269 e. The fourth-order valence-corrected chi connectivity index (χ4v) is 2.44. The van der Waals surface area contributed by atoms with Gasteiger partial charge in [0.1, 0.15) is 0 Å². The highest BCUT2D eigenvalue weighted by molar-refractivity contribution is 7.99. The van der Waals surface area contributed by atoms with E-state index in [0.29, 0.717) is 0 Å². The lowest BCUT2D eigenvalue weighted by Gasteiger charge is -2.12. The standard InChI is InChI=1S/C11H11NO2S/c13-12(14)11-3-1-9(2-4-11)10-5-7-15-8-6-10/h1-5H,6-8H2. The summed E-state index contributed by atoms with van der Waals surface area (Å²) in [4.78, 5) is 10.1. The first kappa shape index (κ1) is 10.2. The summed E-state index contributed by atoms with van der Waals surface area (Å²) in [5, 5.41) is 10.5. The van der Waals surface area contributed by atoms with Crippen LogP contribution in [0, 0.1) is 10.1 Å². The van der Waals surface area contributed by atoms with E-state index in [0.717, 1.165) is 23.5 Å². The Bertz CT molecular complexity index is 398. The van der Waals surface area contributed by atoms with Crippen molar-refractivity contribution < 1.29 is 4.92 Å². The van der Waals surface area contributed by atoms with Gasteiger partial charge in [-0.3, -0.25) is 10.1 Å². The molecule has 15 heavy (non-hydrogen) atoms. The van der Waals surface area contributed by atoms with Crippen LogP contribution in [0.1, 0.15) is 12.0 Å². The predicted molar refractivity (Wildman–Crippen MR) is 63.0 cm³/mol. The van der Waals surface area contributed by atoms with Crippen molar-refractivity contribution in [1.29, 1.82) is 0 Å². The number of nitro groups is 1. The second-order valence-corrected chi connectivity index (χ2v) is 4.51. The monoisotopic (exact) mass is 221 g/mol. The van der Waals surface area contributed by atoms with Crippen molar-refractivity contribution in [2.75, 3.05) is 11.5 Å². The minimum atomic E-state index is -0.366. The molecule has 1 aromatic carbocycles. The van der Waals surface area contributed by atoms with Crippen molar-refractivity contribution in [1.82, 2.24) is 0 Å². The van der Waals surface area contributed by atoms with Crippen molar-refractivity contribution in [2.24, 2.45) is 0 Å². The van der Waals surface area contributed by atoms with E-state index in [2.05, 4.69) is 6.08 Å². The Hall–Kier alpha value is -1.29. The highest BCUT2D eigenvalue weighted by atomic mass is 32.2. The maximum atomic E-state index is 10.5. The van der Waals surface area contributed by atoms with Crippen LogP contribution in [0.5, 0.6) is 0 Å². The normalized spacial score (nSPS) is 15.9. The van der Waals surface area contributed by atoms with Crippen LogP contribution < -0.4 is 0 Å². The lowest BCUT2D eigenvalue weighted by molar-refractivity contribution is -0.384. The molecule has 0 atom stereocenters. The topological polar surface area (TPSA) is 43.1 Å². The zero-order valence-corrected chi connectivity index (χ0v) is 9.00. The van der Waals surface area contributed by atoms with E-state index in [1.54, 1.807) is 12.1 Å². The van der Waals surface area contributed by atoms with Crippen LogP contribution >= 0.6 is 11.8 Å². The van der Waals surface area contributed by atoms with E-state index in [1.165, 1.54) is 5.57 Å². The number of non-ortho nitro benzene ring substituents is 1. The average molecular weight is 221 g/mol. The number of rotatable bonds is 2. The van der Waals surface area contributed by atoms with Crippen molar-refractivity contribution >= 4 is 23.0 Å². The molecule has 0 fully saturated rings. The first-order valence-electron chi connectivity index (χ1n) is 4.79. The van der Waals surface area contributed by atoms with Gasteiger partial charge in [0, 0.05) is 17.9 Å². The molecule has 0 saturated carbocycles. The molecule has 78 valence electrons. The summed E-state index contributed by atoms with van der Waals surface area (Å²) < 4.78 is 0. The molecule has 2 rings (SSSR count). The second-order valence-electron chi connectivity index (χ2n) is 3.36. The van der Waals surface area contributed by atoms with Gasteiger partial charge in [0.15, 0.2) is 0 Å². The van der Waals surface area contributed by atoms with Gasteiger partial charge in [0.05, 0.1) is 4.92 Å². The molecule has 0 aromatic heterocycles. The number of hydrogen-bond acceptors (Lipinski definition) is 3. The largest absolute Gasteiger partial charge is 0.269 e. The van der Waals surface area contributed by atoms with E-state index in [9.17, 15) is 10.1 Å². The molecule has 0 aliphatic carbocycles. The van der Waals surface area contributed by atoms with Crippen molar-refractivity contribution in [2.45, 2.75) is 6.42 Å².